The fourth-order valence-electron chi connectivity index (χ4n) is 4.83. The van der Waals surface area contributed by atoms with Crippen LogP contribution in [0.2, 0.25) is 0 Å². The molecular formula is C24H30N2O3S. The molecule has 0 bridgehead atoms. The molecule has 0 aromatic heterocycles. The minimum absolute atomic E-state index is 0.106. The lowest BCUT2D eigenvalue weighted by atomic mass is 10.1. The van der Waals surface area contributed by atoms with Crippen molar-refractivity contribution in [2.75, 3.05) is 19.6 Å². The topological polar surface area (TPSA) is 49.9 Å². The fraction of sp³-hybridized carbons (Fsp3) is 0.500. The second kappa shape index (κ2) is 7.98. The van der Waals surface area contributed by atoms with Crippen molar-refractivity contribution in [1.82, 2.24) is 9.21 Å². The standard InChI is InChI=1S/C24H30N2O3S/c1-18-5-4-6-20(15-18)16-25-13-11-21-22(12-14-25)29-23-7-2-3-8-24(23)30(27,28)26(21)17-19-9-10-19/h2-8,15,19,21-22H,9-14,16-17H2,1H3/t21-,22-/m1/s1. The molecule has 1 aliphatic carbocycles. The van der Waals surface area contributed by atoms with Crippen LogP contribution in [-0.2, 0) is 16.6 Å². The Balaban J connectivity index is 1.42. The highest BCUT2D eigenvalue weighted by Gasteiger charge is 2.45. The van der Waals surface area contributed by atoms with Crippen LogP contribution in [0.4, 0.5) is 0 Å². The lowest BCUT2D eigenvalue weighted by Gasteiger charge is -2.31. The van der Waals surface area contributed by atoms with Gasteiger partial charge in [-0.1, -0.05) is 42.0 Å². The van der Waals surface area contributed by atoms with Crippen molar-refractivity contribution < 1.29 is 13.2 Å². The lowest BCUT2D eigenvalue weighted by Crippen LogP contribution is -2.48. The molecule has 5 rings (SSSR count). The lowest BCUT2D eigenvalue weighted by molar-refractivity contribution is 0.111. The molecule has 0 radical (unpaired) electrons. The van der Waals surface area contributed by atoms with Crippen molar-refractivity contribution in [1.29, 1.82) is 0 Å². The summed E-state index contributed by atoms with van der Waals surface area (Å²) in [7, 11) is -3.55. The Morgan fingerprint density at radius 1 is 1.00 bits per heavy atom. The van der Waals surface area contributed by atoms with Crippen molar-refractivity contribution in [2.24, 2.45) is 5.92 Å². The van der Waals surface area contributed by atoms with Crippen LogP contribution in [0, 0.1) is 12.8 Å². The van der Waals surface area contributed by atoms with Gasteiger partial charge in [0, 0.05) is 26.2 Å². The summed E-state index contributed by atoms with van der Waals surface area (Å²) in [5, 5.41) is 0. The molecule has 6 heteroatoms. The van der Waals surface area contributed by atoms with Gasteiger partial charge in [0.25, 0.3) is 0 Å². The average molecular weight is 427 g/mol. The molecule has 5 nitrogen and oxygen atoms in total. The number of hydrogen-bond acceptors (Lipinski definition) is 4. The normalized spacial score (nSPS) is 26.7. The monoisotopic (exact) mass is 426 g/mol. The first-order chi connectivity index (χ1) is 14.5. The van der Waals surface area contributed by atoms with Gasteiger partial charge in [-0.05, 0) is 56.2 Å². The second-order valence-electron chi connectivity index (χ2n) is 9.03. The minimum atomic E-state index is -3.55. The summed E-state index contributed by atoms with van der Waals surface area (Å²) in [6.45, 7) is 5.43. The first-order valence-electron chi connectivity index (χ1n) is 11.1. The van der Waals surface area contributed by atoms with Crippen molar-refractivity contribution >= 4 is 10.0 Å². The molecular weight excluding hydrogens is 396 g/mol. The number of ether oxygens (including phenoxy) is 1. The number of nitrogens with zero attached hydrogens (tertiary/aromatic N) is 2. The first-order valence-corrected chi connectivity index (χ1v) is 12.5. The Kier molecular flexibility index (Phi) is 5.33. The smallest absolute Gasteiger partial charge is 0.247 e. The quantitative estimate of drug-likeness (QED) is 0.746. The third-order valence-corrected chi connectivity index (χ3v) is 8.54. The summed E-state index contributed by atoms with van der Waals surface area (Å²) >= 11 is 0. The zero-order valence-corrected chi connectivity index (χ0v) is 18.4. The molecule has 0 spiro atoms. The third-order valence-electron chi connectivity index (χ3n) is 6.61. The third kappa shape index (κ3) is 4.01. The highest BCUT2D eigenvalue weighted by atomic mass is 32.2. The summed E-state index contributed by atoms with van der Waals surface area (Å²) in [6.07, 6.45) is 3.79. The van der Waals surface area contributed by atoms with E-state index in [4.69, 9.17) is 4.74 Å². The van der Waals surface area contributed by atoms with E-state index in [1.54, 1.807) is 22.5 Å². The zero-order chi connectivity index (χ0) is 20.7. The Morgan fingerprint density at radius 2 is 1.80 bits per heavy atom. The molecule has 3 aliphatic rings. The first kappa shape index (κ1) is 20.0. The van der Waals surface area contributed by atoms with Crippen molar-refractivity contribution in [3.63, 3.8) is 0 Å². The predicted molar refractivity (Wildman–Crippen MR) is 117 cm³/mol. The summed E-state index contributed by atoms with van der Waals surface area (Å²) in [6, 6.07) is 15.7. The van der Waals surface area contributed by atoms with E-state index in [-0.39, 0.29) is 12.1 Å². The van der Waals surface area contributed by atoms with Crippen molar-refractivity contribution in [3.8, 4) is 5.75 Å². The van der Waals surface area contributed by atoms with Crippen molar-refractivity contribution in [2.45, 2.75) is 56.2 Å². The number of fused-ring (bicyclic) bond motifs is 2. The number of rotatable bonds is 4. The van der Waals surface area contributed by atoms with E-state index in [1.165, 1.54) is 11.1 Å². The molecule has 0 amide bonds. The molecule has 2 aromatic rings. The van der Waals surface area contributed by atoms with Crippen LogP contribution in [0.15, 0.2) is 53.4 Å². The van der Waals surface area contributed by atoms with Crippen LogP contribution >= 0.6 is 0 Å². The largest absolute Gasteiger partial charge is 0.487 e. The van der Waals surface area contributed by atoms with Gasteiger partial charge >= 0.3 is 0 Å². The van der Waals surface area contributed by atoms with Gasteiger partial charge in [-0.2, -0.15) is 4.31 Å². The number of benzene rings is 2. The minimum Gasteiger partial charge on any atom is -0.487 e. The highest BCUT2D eigenvalue weighted by Crippen LogP contribution is 2.39. The van der Waals surface area contributed by atoms with Gasteiger partial charge in [0.15, 0.2) is 0 Å². The van der Waals surface area contributed by atoms with Gasteiger partial charge in [0.05, 0.1) is 6.04 Å². The Labute approximate surface area is 179 Å². The number of likely N-dealkylation sites (tertiary alicyclic amines) is 1. The number of para-hydroxylation sites is 1. The fourth-order valence-corrected chi connectivity index (χ4v) is 6.70. The van der Waals surface area contributed by atoms with Gasteiger partial charge in [0.2, 0.25) is 10.0 Å². The van der Waals surface area contributed by atoms with Crippen LogP contribution in [-0.4, -0.2) is 49.4 Å². The highest BCUT2D eigenvalue weighted by molar-refractivity contribution is 7.89. The number of aryl methyl sites for hydroxylation is 1. The van der Waals surface area contributed by atoms with Crippen LogP contribution in [0.3, 0.4) is 0 Å². The zero-order valence-electron chi connectivity index (χ0n) is 17.5. The van der Waals surface area contributed by atoms with E-state index < -0.39 is 10.0 Å². The maximum absolute atomic E-state index is 13.6. The van der Waals surface area contributed by atoms with Crippen LogP contribution < -0.4 is 4.74 Å². The Hall–Kier alpha value is -1.89. The van der Waals surface area contributed by atoms with Gasteiger partial charge in [-0.25, -0.2) is 8.42 Å². The molecule has 2 heterocycles. The molecule has 0 unspecified atom stereocenters. The molecule has 30 heavy (non-hydrogen) atoms. The maximum atomic E-state index is 13.6. The van der Waals surface area contributed by atoms with Gasteiger partial charge in [-0.3, -0.25) is 4.90 Å². The number of hydrogen-bond donors (Lipinski definition) is 0. The number of sulfonamides is 1. The molecule has 0 N–H and O–H groups in total. The van der Waals surface area contributed by atoms with E-state index in [2.05, 4.69) is 36.1 Å². The summed E-state index contributed by atoms with van der Waals surface area (Å²) in [5.41, 5.74) is 2.58. The summed E-state index contributed by atoms with van der Waals surface area (Å²) in [5.74, 6) is 1.01. The Bertz CT molecular complexity index is 1020. The molecule has 1 saturated carbocycles. The van der Waals surface area contributed by atoms with Gasteiger partial charge in [0.1, 0.15) is 16.7 Å². The van der Waals surface area contributed by atoms with Gasteiger partial charge in [-0.15, -0.1) is 0 Å². The van der Waals surface area contributed by atoms with E-state index in [0.717, 1.165) is 45.3 Å². The molecule has 2 atom stereocenters. The summed E-state index contributed by atoms with van der Waals surface area (Å²) < 4.78 is 35.4. The summed E-state index contributed by atoms with van der Waals surface area (Å²) in [4.78, 5) is 2.77. The molecule has 1 saturated heterocycles. The second-order valence-corrected chi connectivity index (χ2v) is 10.9. The maximum Gasteiger partial charge on any atom is 0.247 e. The van der Waals surface area contributed by atoms with Crippen molar-refractivity contribution in [3.05, 3.63) is 59.7 Å². The molecule has 2 aliphatic heterocycles. The molecule has 2 aromatic carbocycles. The average Bonchev–Trinajstić information content (AvgIpc) is 3.55. The van der Waals surface area contributed by atoms with E-state index in [1.807, 2.05) is 6.07 Å². The molecule has 2 fully saturated rings. The van der Waals surface area contributed by atoms with Crippen LogP contribution in [0.25, 0.3) is 0 Å². The van der Waals surface area contributed by atoms with E-state index in [9.17, 15) is 8.42 Å². The molecule has 160 valence electrons. The predicted octanol–water partition coefficient (Wildman–Crippen LogP) is 3.82. The Morgan fingerprint density at radius 3 is 2.60 bits per heavy atom. The van der Waals surface area contributed by atoms with Crippen LogP contribution in [0.1, 0.15) is 36.8 Å². The SMILES string of the molecule is Cc1cccc(CN2CC[C@@H]3[C@@H](CC2)Oc2ccccc2S(=O)(=O)N3CC2CC2)c1. The van der Waals surface area contributed by atoms with Gasteiger partial charge < -0.3 is 4.74 Å². The van der Waals surface area contributed by atoms with E-state index >= 15 is 0 Å². The van der Waals surface area contributed by atoms with Crippen LogP contribution in [0.5, 0.6) is 5.75 Å². The van der Waals surface area contributed by atoms with E-state index in [0.29, 0.717) is 23.1 Å².